The number of rotatable bonds is 8. The Hall–Kier alpha value is -2.23. The largest absolute Gasteiger partial charge is 0.365 e. The fourth-order valence-electron chi connectivity index (χ4n) is 2.65. The highest BCUT2D eigenvalue weighted by atomic mass is 32.2. The quantitative estimate of drug-likeness (QED) is 0.680. The van der Waals surface area contributed by atoms with Gasteiger partial charge in [-0.05, 0) is 50.1 Å². The van der Waals surface area contributed by atoms with Gasteiger partial charge < -0.3 is 11.1 Å². The van der Waals surface area contributed by atoms with Crippen molar-refractivity contribution < 1.29 is 18.0 Å². The molecule has 9 heteroatoms. The number of hydrogen-bond donors (Lipinski definition) is 2. The van der Waals surface area contributed by atoms with Crippen LogP contribution in [0.5, 0.6) is 0 Å². The second-order valence-electron chi connectivity index (χ2n) is 6.51. The number of amides is 2. The number of thiophene rings is 1. The van der Waals surface area contributed by atoms with Crippen molar-refractivity contribution >= 4 is 38.2 Å². The van der Waals surface area contributed by atoms with Crippen LogP contribution in [0.3, 0.4) is 0 Å². The van der Waals surface area contributed by atoms with Crippen molar-refractivity contribution in [1.82, 2.24) is 4.31 Å². The number of benzene rings is 1. The van der Waals surface area contributed by atoms with E-state index in [0.29, 0.717) is 17.1 Å². The van der Waals surface area contributed by atoms with Crippen LogP contribution in [-0.2, 0) is 10.0 Å². The highest BCUT2D eigenvalue weighted by Gasteiger charge is 2.22. The third-order valence-corrected chi connectivity index (χ3v) is 7.50. The number of primary amides is 1. The van der Waals surface area contributed by atoms with Crippen molar-refractivity contribution in [3.63, 3.8) is 0 Å². The molecule has 0 aliphatic rings. The molecule has 0 radical (unpaired) electrons. The number of nitrogens with two attached hydrogens (primary N) is 1. The number of nitrogens with one attached hydrogen (secondary N) is 1. The van der Waals surface area contributed by atoms with Crippen LogP contribution in [-0.4, -0.2) is 38.1 Å². The molecular weight excluding hydrogens is 398 g/mol. The van der Waals surface area contributed by atoms with Crippen LogP contribution in [0.2, 0.25) is 0 Å². The van der Waals surface area contributed by atoms with Crippen LogP contribution in [0.15, 0.2) is 29.2 Å². The van der Waals surface area contributed by atoms with Gasteiger partial charge in [-0.15, -0.1) is 11.3 Å². The standard InChI is InChI=1S/C19H25N3O4S2/c1-5-6-11-22(4)28(25,26)15-9-7-14(8-10-15)18(24)21-19-16(17(20)23)12(2)13(3)27-19/h7-10H,5-6,11H2,1-4H3,(H2,20,23)(H,21,24). The third kappa shape index (κ3) is 4.60. The molecule has 0 aliphatic heterocycles. The van der Waals surface area contributed by atoms with Gasteiger partial charge in [0.15, 0.2) is 0 Å². The van der Waals surface area contributed by atoms with Gasteiger partial charge in [0.2, 0.25) is 10.0 Å². The monoisotopic (exact) mass is 423 g/mol. The zero-order valence-electron chi connectivity index (χ0n) is 16.4. The lowest BCUT2D eigenvalue weighted by Crippen LogP contribution is -2.28. The van der Waals surface area contributed by atoms with Gasteiger partial charge in [-0.2, -0.15) is 0 Å². The summed E-state index contributed by atoms with van der Waals surface area (Å²) in [5.41, 5.74) is 6.74. The smallest absolute Gasteiger partial charge is 0.256 e. The fourth-order valence-corrected chi connectivity index (χ4v) is 4.92. The lowest BCUT2D eigenvalue weighted by Gasteiger charge is -2.17. The molecule has 1 aromatic carbocycles. The summed E-state index contributed by atoms with van der Waals surface area (Å²) in [4.78, 5) is 25.2. The summed E-state index contributed by atoms with van der Waals surface area (Å²) in [7, 11) is -2.05. The Morgan fingerprint density at radius 1 is 1.18 bits per heavy atom. The maximum Gasteiger partial charge on any atom is 0.256 e. The summed E-state index contributed by atoms with van der Waals surface area (Å²) in [6.45, 7) is 6.05. The minimum absolute atomic E-state index is 0.128. The van der Waals surface area contributed by atoms with Crippen LogP contribution < -0.4 is 11.1 Å². The highest BCUT2D eigenvalue weighted by molar-refractivity contribution is 7.89. The molecule has 1 aromatic heterocycles. The first-order valence-corrected chi connectivity index (χ1v) is 11.1. The minimum Gasteiger partial charge on any atom is -0.365 e. The van der Waals surface area contributed by atoms with Gasteiger partial charge >= 0.3 is 0 Å². The molecule has 0 unspecified atom stereocenters. The van der Waals surface area contributed by atoms with Crippen molar-refractivity contribution in [3.8, 4) is 0 Å². The van der Waals surface area contributed by atoms with Gasteiger partial charge in [0.05, 0.1) is 10.5 Å². The number of carbonyl (C=O) groups excluding carboxylic acids is 2. The summed E-state index contributed by atoms with van der Waals surface area (Å²) < 4.78 is 26.4. The molecule has 152 valence electrons. The van der Waals surface area contributed by atoms with Crippen LogP contribution in [0.4, 0.5) is 5.00 Å². The normalized spacial score (nSPS) is 11.6. The number of anilines is 1. The lowest BCUT2D eigenvalue weighted by molar-refractivity contribution is 0.100. The van der Waals surface area contributed by atoms with Gasteiger partial charge in [-0.1, -0.05) is 13.3 Å². The molecule has 0 bridgehead atoms. The van der Waals surface area contributed by atoms with E-state index in [1.165, 1.54) is 39.9 Å². The molecule has 2 aromatic rings. The topological polar surface area (TPSA) is 110 Å². The van der Waals surface area contributed by atoms with Gasteiger partial charge in [-0.25, -0.2) is 12.7 Å². The van der Waals surface area contributed by atoms with Crippen LogP contribution >= 0.6 is 11.3 Å². The Morgan fingerprint density at radius 2 is 1.79 bits per heavy atom. The summed E-state index contributed by atoms with van der Waals surface area (Å²) >= 11 is 1.28. The zero-order valence-corrected chi connectivity index (χ0v) is 18.0. The summed E-state index contributed by atoms with van der Waals surface area (Å²) in [6, 6.07) is 5.72. The molecule has 0 saturated heterocycles. The lowest BCUT2D eigenvalue weighted by atomic mass is 10.1. The number of aryl methyl sites for hydroxylation is 1. The maximum atomic E-state index is 12.5. The molecule has 0 fully saturated rings. The third-order valence-electron chi connectivity index (χ3n) is 4.51. The molecule has 0 aliphatic carbocycles. The van der Waals surface area contributed by atoms with E-state index in [4.69, 9.17) is 5.73 Å². The second kappa shape index (κ2) is 8.85. The van der Waals surface area contributed by atoms with Crippen molar-refractivity contribution in [2.24, 2.45) is 5.73 Å². The molecule has 3 N–H and O–H groups in total. The molecule has 0 saturated carbocycles. The van der Waals surface area contributed by atoms with Crippen LogP contribution in [0.1, 0.15) is 50.9 Å². The van der Waals surface area contributed by atoms with Crippen molar-refractivity contribution in [3.05, 3.63) is 45.8 Å². The van der Waals surface area contributed by atoms with E-state index in [2.05, 4.69) is 5.32 Å². The molecule has 2 rings (SSSR count). The Morgan fingerprint density at radius 3 is 2.32 bits per heavy atom. The Balaban J connectivity index is 2.21. The zero-order chi connectivity index (χ0) is 21.1. The SMILES string of the molecule is CCCCN(C)S(=O)(=O)c1ccc(C(=O)Nc2sc(C)c(C)c2C(N)=O)cc1. The molecule has 0 atom stereocenters. The number of unbranched alkanes of at least 4 members (excludes halogenated alkanes) is 1. The first-order chi connectivity index (χ1) is 13.1. The van der Waals surface area contributed by atoms with E-state index >= 15 is 0 Å². The average molecular weight is 424 g/mol. The maximum absolute atomic E-state index is 12.5. The molecule has 2 amide bonds. The van der Waals surface area contributed by atoms with Crippen molar-refractivity contribution in [2.45, 2.75) is 38.5 Å². The second-order valence-corrected chi connectivity index (χ2v) is 9.78. The minimum atomic E-state index is -3.59. The summed E-state index contributed by atoms with van der Waals surface area (Å²) in [6.07, 6.45) is 1.67. The van der Waals surface area contributed by atoms with E-state index in [0.717, 1.165) is 23.3 Å². The van der Waals surface area contributed by atoms with Crippen LogP contribution in [0.25, 0.3) is 0 Å². The Bertz CT molecular complexity index is 979. The highest BCUT2D eigenvalue weighted by Crippen LogP contribution is 2.32. The summed E-state index contributed by atoms with van der Waals surface area (Å²) in [5, 5.41) is 3.09. The van der Waals surface area contributed by atoms with Gasteiger partial charge in [0, 0.05) is 24.0 Å². The molecular formula is C19H25N3O4S2. The predicted molar refractivity (Wildman–Crippen MR) is 111 cm³/mol. The average Bonchev–Trinajstić information content (AvgIpc) is 2.93. The Kier molecular flexibility index (Phi) is 6.97. The van der Waals surface area contributed by atoms with E-state index in [-0.39, 0.29) is 10.5 Å². The van der Waals surface area contributed by atoms with Gasteiger partial charge in [-0.3, -0.25) is 9.59 Å². The van der Waals surface area contributed by atoms with Crippen LogP contribution in [0, 0.1) is 13.8 Å². The van der Waals surface area contributed by atoms with E-state index < -0.39 is 21.8 Å². The van der Waals surface area contributed by atoms with Gasteiger partial charge in [0.1, 0.15) is 5.00 Å². The van der Waals surface area contributed by atoms with Crippen molar-refractivity contribution in [2.75, 3.05) is 18.9 Å². The fraction of sp³-hybridized carbons (Fsp3) is 0.368. The first kappa shape index (κ1) is 22.1. The number of nitrogens with zero attached hydrogens (tertiary/aromatic N) is 1. The van der Waals surface area contributed by atoms with Gasteiger partial charge in [0.25, 0.3) is 11.8 Å². The van der Waals surface area contributed by atoms with E-state index in [9.17, 15) is 18.0 Å². The molecule has 28 heavy (non-hydrogen) atoms. The molecule has 7 nitrogen and oxygen atoms in total. The number of sulfonamides is 1. The molecule has 1 heterocycles. The first-order valence-electron chi connectivity index (χ1n) is 8.87. The molecule has 0 spiro atoms. The van der Waals surface area contributed by atoms with E-state index in [1.54, 1.807) is 14.0 Å². The number of hydrogen-bond acceptors (Lipinski definition) is 5. The number of carbonyl (C=O) groups is 2. The summed E-state index contributed by atoms with van der Waals surface area (Å²) in [5.74, 6) is -1.04. The Labute approximate surface area is 169 Å². The van der Waals surface area contributed by atoms with Crippen molar-refractivity contribution in [1.29, 1.82) is 0 Å². The van der Waals surface area contributed by atoms with E-state index in [1.807, 2.05) is 13.8 Å². The predicted octanol–water partition coefficient (Wildman–Crippen LogP) is 3.14.